The number of nitrogens with zero attached hydrogens (tertiary/aromatic N) is 2. The fraction of sp³-hybridized carbons (Fsp3) is 0.321. The smallest absolute Gasteiger partial charge is 0.297 e. The average molecular weight is 787 g/mol. The SMILES string of the molecule is CC(C)(C)c1ccc(N2c3ccc(C(C)(C)C)cc3B3c4oc5c6c(ccc5c4N(c4ccc(C(C)(C)C)cc4)c4cccc2c43)C(C)(C)c2ccccc2C6(C)C)cc1. The first-order valence-corrected chi connectivity index (χ1v) is 22.0. The van der Waals surface area contributed by atoms with E-state index in [1.54, 1.807) is 0 Å². The van der Waals surface area contributed by atoms with Crippen molar-refractivity contribution in [1.82, 2.24) is 0 Å². The molecule has 10 rings (SSSR count). The Labute approximate surface area is 358 Å². The second-order valence-corrected chi connectivity index (χ2v) is 21.9. The molecule has 3 aliphatic rings. The Bertz CT molecular complexity index is 2870. The maximum atomic E-state index is 7.73. The molecule has 6 aromatic carbocycles. The molecule has 0 bridgehead atoms. The highest BCUT2D eigenvalue weighted by Gasteiger charge is 2.49. The summed E-state index contributed by atoms with van der Waals surface area (Å²) in [6.07, 6.45) is 0. The van der Waals surface area contributed by atoms with Gasteiger partial charge in [-0.05, 0) is 109 Å². The molecule has 60 heavy (non-hydrogen) atoms. The van der Waals surface area contributed by atoms with Crippen LogP contribution in [0.1, 0.15) is 129 Å². The summed E-state index contributed by atoms with van der Waals surface area (Å²) in [5, 5.41) is 1.16. The predicted molar refractivity (Wildman–Crippen MR) is 257 cm³/mol. The van der Waals surface area contributed by atoms with Crippen LogP contribution in [0.4, 0.5) is 34.1 Å². The van der Waals surface area contributed by atoms with Crippen molar-refractivity contribution in [2.24, 2.45) is 0 Å². The molecule has 0 amide bonds. The van der Waals surface area contributed by atoms with Crippen LogP contribution in [0.2, 0.25) is 0 Å². The summed E-state index contributed by atoms with van der Waals surface area (Å²) in [5.74, 6) is 0. The van der Waals surface area contributed by atoms with Crippen molar-refractivity contribution in [1.29, 1.82) is 0 Å². The van der Waals surface area contributed by atoms with E-state index in [1.165, 1.54) is 66.9 Å². The largest absolute Gasteiger partial charge is 0.468 e. The van der Waals surface area contributed by atoms with Gasteiger partial charge in [0.2, 0.25) is 0 Å². The summed E-state index contributed by atoms with van der Waals surface area (Å²) in [5.41, 5.74) is 20.6. The van der Waals surface area contributed by atoms with Crippen LogP contribution >= 0.6 is 0 Å². The number of fused-ring (bicyclic) bond motifs is 9. The molecular weight excluding hydrogens is 727 g/mol. The lowest BCUT2D eigenvalue weighted by Gasteiger charge is -2.43. The van der Waals surface area contributed by atoms with Gasteiger partial charge in [-0.15, -0.1) is 0 Å². The van der Waals surface area contributed by atoms with Crippen LogP contribution in [0.25, 0.3) is 11.0 Å². The first-order chi connectivity index (χ1) is 28.2. The third-order valence-electron chi connectivity index (χ3n) is 14.2. The lowest BCUT2D eigenvalue weighted by Crippen LogP contribution is -2.61. The zero-order chi connectivity index (χ0) is 42.5. The normalized spacial score (nSPS) is 16.2. The summed E-state index contributed by atoms with van der Waals surface area (Å²) < 4.78 is 7.73. The molecule has 7 aromatic rings. The van der Waals surface area contributed by atoms with Crippen LogP contribution in [-0.2, 0) is 27.1 Å². The van der Waals surface area contributed by atoms with Crippen LogP contribution in [0.5, 0.6) is 0 Å². The van der Waals surface area contributed by atoms with Crippen LogP contribution in [0.15, 0.2) is 126 Å². The van der Waals surface area contributed by atoms with E-state index in [2.05, 4.69) is 221 Å². The highest BCUT2D eigenvalue weighted by atomic mass is 16.3. The van der Waals surface area contributed by atoms with E-state index in [0.29, 0.717) is 0 Å². The zero-order valence-electron chi connectivity index (χ0n) is 37.9. The highest BCUT2D eigenvalue weighted by Crippen LogP contribution is 2.54. The molecule has 1 aliphatic carbocycles. The maximum absolute atomic E-state index is 7.73. The second-order valence-electron chi connectivity index (χ2n) is 21.9. The molecule has 0 N–H and O–H groups in total. The number of hydrogen-bond donors (Lipinski definition) is 0. The molecule has 0 radical (unpaired) electrons. The van der Waals surface area contributed by atoms with E-state index >= 15 is 0 Å². The Hall–Kier alpha value is -5.48. The predicted octanol–water partition coefficient (Wildman–Crippen LogP) is 13.4. The summed E-state index contributed by atoms with van der Waals surface area (Å²) in [6, 6.07) is 46.5. The van der Waals surface area contributed by atoms with E-state index in [4.69, 9.17) is 4.42 Å². The van der Waals surface area contributed by atoms with Gasteiger partial charge in [0.15, 0.2) is 0 Å². The van der Waals surface area contributed by atoms with Crippen LogP contribution < -0.4 is 26.4 Å². The first-order valence-electron chi connectivity index (χ1n) is 22.0. The number of benzene rings is 6. The standard InChI is InChI=1S/C56H59BN2O/c1-52(2,3)34-21-26-37(27-22-34)58-44-32-25-36(54(7,8)9)33-43(44)57-48-45(58)19-16-20-46(48)59(38-28-23-35(24-29-38)53(4,5)6)49-39-30-31-42-47(50(39)60-51(49)57)56(12,13)41-18-15-14-17-40(41)55(42,10)11/h14-33H,1-13H3. The van der Waals surface area contributed by atoms with E-state index in [9.17, 15) is 0 Å². The quantitative estimate of drug-likeness (QED) is 0.163. The van der Waals surface area contributed by atoms with Gasteiger partial charge in [-0.3, -0.25) is 0 Å². The van der Waals surface area contributed by atoms with Crippen molar-refractivity contribution in [3.63, 3.8) is 0 Å². The minimum Gasteiger partial charge on any atom is -0.468 e. The fourth-order valence-corrected chi connectivity index (χ4v) is 10.7. The third kappa shape index (κ3) is 5.48. The number of furan rings is 1. The molecule has 3 nitrogen and oxygen atoms in total. The van der Waals surface area contributed by atoms with Crippen molar-refractivity contribution in [3.8, 4) is 0 Å². The van der Waals surface area contributed by atoms with Gasteiger partial charge in [-0.2, -0.15) is 0 Å². The van der Waals surface area contributed by atoms with Crippen molar-refractivity contribution >= 4 is 68.4 Å². The summed E-state index contributed by atoms with van der Waals surface area (Å²) in [6.45, 7) is 30.1. The monoisotopic (exact) mass is 786 g/mol. The van der Waals surface area contributed by atoms with Crippen LogP contribution in [0.3, 0.4) is 0 Å². The molecule has 3 heterocycles. The molecule has 1 aromatic heterocycles. The minimum atomic E-state index is -0.279. The van der Waals surface area contributed by atoms with Gasteiger partial charge < -0.3 is 14.2 Å². The van der Waals surface area contributed by atoms with Gasteiger partial charge in [0, 0.05) is 50.2 Å². The van der Waals surface area contributed by atoms with E-state index in [0.717, 1.165) is 33.7 Å². The Balaban J connectivity index is 1.31. The Kier molecular flexibility index (Phi) is 8.09. The molecule has 0 atom stereocenters. The van der Waals surface area contributed by atoms with Crippen molar-refractivity contribution in [2.75, 3.05) is 9.80 Å². The molecule has 4 heteroatoms. The van der Waals surface area contributed by atoms with Gasteiger partial charge >= 0.3 is 0 Å². The first kappa shape index (κ1) is 38.7. The van der Waals surface area contributed by atoms with Gasteiger partial charge in [-0.1, -0.05) is 163 Å². The minimum absolute atomic E-state index is 0.0379. The van der Waals surface area contributed by atoms with Gasteiger partial charge in [0.1, 0.15) is 5.58 Å². The molecule has 0 spiro atoms. The van der Waals surface area contributed by atoms with Crippen molar-refractivity contribution in [3.05, 3.63) is 160 Å². The van der Waals surface area contributed by atoms with Gasteiger partial charge in [0.05, 0.1) is 11.3 Å². The van der Waals surface area contributed by atoms with Gasteiger partial charge in [-0.25, -0.2) is 0 Å². The van der Waals surface area contributed by atoms with Crippen molar-refractivity contribution < 1.29 is 4.42 Å². The molecule has 0 unspecified atom stereocenters. The topological polar surface area (TPSA) is 19.6 Å². The number of rotatable bonds is 2. The highest BCUT2D eigenvalue weighted by molar-refractivity contribution is 7.00. The fourth-order valence-electron chi connectivity index (χ4n) is 10.7. The zero-order valence-corrected chi connectivity index (χ0v) is 37.9. The summed E-state index contributed by atoms with van der Waals surface area (Å²) in [4.78, 5) is 5.02. The molecule has 0 saturated carbocycles. The molecular formula is C56H59BN2O. The number of anilines is 6. The van der Waals surface area contributed by atoms with Gasteiger partial charge in [0.25, 0.3) is 6.71 Å². The second kappa shape index (κ2) is 12.5. The molecule has 2 aliphatic heterocycles. The Morgan fingerprint density at radius 3 is 1.57 bits per heavy atom. The lowest BCUT2D eigenvalue weighted by molar-refractivity contribution is 0.513. The van der Waals surface area contributed by atoms with Crippen LogP contribution in [-0.4, -0.2) is 6.71 Å². The third-order valence-corrected chi connectivity index (χ3v) is 14.2. The van der Waals surface area contributed by atoms with Crippen molar-refractivity contribution in [2.45, 2.75) is 117 Å². The molecule has 0 saturated heterocycles. The average Bonchev–Trinajstić information content (AvgIpc) is 3.58. The molecule has 302 valence electrons. The van der Waals surface area contributed by atoms with E-state index in [1.807, 2.05) is 0 Å². The van der Waals surface area contributed by atoms with E-state index < -0.39 is 0 Å². The summed E-state index contributed by atoms with van der Waals surface area (Å²) >= 11 is 0. The maximum Gasteiger partial charge on any atom is 0.297 e. The lowest BCUT2D eigenvalue weighted by atomic mass is 9.35. The number of hydrogen-bond acceptors (Lipinski definition) is 3. The Morgan fingerprint density at radius 2 is 1.00 bits per heavy atom. The Morgan fingerprint density at radius 1 is 0.483 bits per heavy atom. The summed E-state index contributed by atoms with van der Waals surface area (Å²) in [7, 11) is 0. The van der Waals surface area contributed by atoms with Crippen LogP contribution in [0, 0.1) is 0 Å². The van der Waals surface area contributed by atoms with E-state index in [-0.39, 0.29) is 33.8 Å². The molecule has 0 fully saturated rings.